The molecule has 0 radical (unpaired) electrons. The molecule has 0 saturated carbocycles. The second-order valence-corrected chi connectivity index (χ2v) is 8.02. The topological polar surface area (TPSA) is 84.8 Å². The van der Waals surface area contributed by atoms with Gasteiger partial charge in [0.25, 0.3) is 0 Å². The van der Waals surface area contributed by atoms with Gasteiger partial charge in [-0.2, -0.15) is 8.75 Å². The van der Waals surface area contributed by atoms with Gasteiger partial charge < -0.3 is 0 Å². The molecule has 3 rings (SSSR count). The highest BCUT2D eigenvalue weighted by atomic mass is 32.2. The summed E-state index contributed by atoms with van der Waals surface area (Å²) >= 11 is 2.47. The molecule has 0 saturated heterocycles. The zero-order valence-corrected chi connectivity index (χ0v) is 13.7. The van der Waals surface area contributed by atoms with E-state index in [0.29, 0.717) is 11.0 Å². The fourth-order valence-electron chi connectivity index (χ4n) is 1.92. The predicted molar refractivity (Wildman–Crippen MR) is 83.0 cm³/mol. The Balaban J connectivity index is 1.95. The van der Waals surface area contributed by atoms with Gasteiger partial charge in [0.05, 0.1) is 17.8 Å². The van der Waals surface area contributed by atoms with Crippen molar-refractivity contribution in [3.05, 3.63) is 34.3 Å². The highest BCUT2D eigenvalue weighted by molar-refractivity contribution is 7.89. The van der Waals surface area contributed by atoms with Gasteiger partial charge in [-0.15, -0.1) is 11.3 Å². The minimum Gasteiger partial charge on any atom is -0.248 e. The number of hydrogen-bond acceptors (Lipinski definition) is 7. The molecule has 110 valence electrons. The molecule has 2 aromatic heterocycles. The summed E-state index contributed by atoms with van der Waals surface area (Å²) in [5.41, 5.74) is 0.984. The maximum absolute atomic E-state index is 12.5. The Bertz CT molecular complexity index is 885. The van der Waals surface area contributed by atoms with E-state index in [0.717, 1.165) is 21.6 Å². The number of fused-ring (bicyclic) bond motifs is 1. The van der Waals surface area contributed by atoms with Crippen LogP contribution in [0.25, 0.3) is 11.0 Å². The summed E-state index contributed by atoms with van der Waals surface area (Å²) in [6.07, 6.45) is 1.73. The molecule has 6 nitrogen and oxygen atoms in total. The molecule has 2 heterocycles. The van der Waals surface area contributed by atoms with Crippen molar-refractivity contribution in [1.29, 1.82) is 0 Å². The minimum absolute atomic E-state index is 0.147. The SMILES string of the molecule is Cc1cnc(C(C)NS(=O)(=O)c2cccc3nsnc23)s1. The molecular formula is C12H12N4O2S3. The zero-order chi connectivity index (χ0) is 15.0. The predicted octanol–water partition coefficient (Wildman–Crippen LogP) is 2.50. The Kier molecular flexibility index (Phi) is 3.74. The fraction of sp³-hybridized carbons (Fsp3) is 0.250. The summed E-state index contributed by atoms with van der Waals surface area (Å²) in [5, 5.41) is 0.736. The number of aromatic nitrogens is 3. The molecule has 0 spiro atoms. The molecule has 0 bridgehead atoms. The van der Waals surface area contributed by atoms with Crippen LogP contribution in [-0.2, 0) is 10.0 Å². The first-order valence-electron chi connectivity index (χ1n) is 6.13. The smallest absolute Gasteiger partial charge is 0.243 e. The van der Waals surface area contributed by atoms with Crippen LogP contribution in [-0.4, -0.2) is 22.1 Å². The number of nitrogens with zero attached hydrogens (tertiary/aromatic N) is 3. The van der Waals surface area contributed by atoms with E-state index in [1.54, 1.807) is 25.3 Å². The summed E-state index contributed by atoms with van der Waals surface area (Å²) < 4.78 is 35.8. The molecule has 1 atom stereocenters. The second kappa shape index (κ2) is 5.41. The van der Waals surface area contributed by atoms with Crippen molar-refractivity contribution in [1.82, 2.24) is 18.5 Å². The molecule has 1 aromatic carbocycles. The number of hydrogen-bond donors (Lipinski definition) is 1. The van der Waals surface area contributed by atoms with Crippen LogP contribution in [0, 0.1) is 6.92 Å². The van der Waals surface area contributed by atoms with Crippen molar-refractivity contribution in [2.24, 2.45) is 0 Å². The third-order valence-corrected chi connectivity index (χ3v) is 6.09. The highest BCUT2D eigenvalue weighted by Crippen LogP contribution is 2.24. The number of nitrogens with one attached hydrogen (secondary N) is 1. The van der Waals surface area contributed by atoms with Gasteiger partial charge in [-0.25, -0.2) is 18.1 Å². The van der Waals surface area contributed by atoms with Crippen LogP contribution in [0.4, 0.5) is 0 Å². The summed E-state index contributed by atoms with van der Waals surface area (Å²) in [6.45, 7) is 3.71. The average molecular weight is 340 g/mol. The van der Waals surface area contributed by atoms with E-state index in [9.17, 15) is 8.42 Å². The first kappa shape index (κ1) is 14.5. The largest absolute Gasteiger partial charge is 0.248 e. The third-order valence-electron chi connectivity index (χ3n) is 2.88. The van der Waals surface area contributed by atoms with E-state index in [-0.39, 0.29) is 4.90 Å². The molecule has 1 unspecified atom stereocenters. The average Bonchev–Trinajstić information content (AvgIpc) is 3.05. The van der Waals surface area contributed by atoms with Crippen molar-refractivity contribution >= 4 is 44.1 Å². The molecule has 21 heavy (non-hydrogen) atoms. The van der Waals surface area contributed by atoms with Gasteiger partial charge in [-0.3, -0.25) is 0 Å². The van der Waals surface area contributed by atoms with E-state index >= 15 is 0 Å². The van der Waals surface area contributed by atoms with Gasteiger partial charge in [-0.1, -0.05) is 6.07 Å². The Labute approximate surface area is 130 Å². The first-order valence-corrected chi connectivity index (χ1v) is 9.16. The number of thiazole rings is 1. The molecule has 0 aliphatic carbocycles. The lowest BCUT2D eigenvalue weighted by molar-refractivity contribution is 0.567. The summed E-state index contributed by atoms with van der Waals surface area (Å²) in [6, 6.07) is 4.55. The monoisotopic (exact) mass is 340 g/mol. The van der Waals surface area contributed by atoms with E-state index < -0.39 is 16.1 Å². The lowest BCUT2D eigenvalue weighted by Gasteiger charge is -2.12. The highest BCUT2D eigenvalue weighted by Gasteiger charge is 2.23. The molecule has 9 heteroatoms. The Morgan fingerprint density at radius 2 is 2.10 bits per heavy atom. The summed E-state index contributed by atoms with van der Waals surface area (Å²) in [4.78, 5) is 5.40. The van der Waals surface area contributed by atoms with Gasteiger partial charge >= 0.3 is 0 Å². The maximum atomic E-state index is 12.5. The normalized spacial score (nSPS) is 13.6. The van der Waals surface area contributed by atoms with Crippen LogP contribution in [0.5, 0.6) is 0 Å². The van der Waals surface area contributed by atoms with Gasteiger partial charge in [0, 0.05) is 11.1 Å². The molecular weight excluding hydrogens is 328 g/mol. The van der Waals surface area contributed by atoms with Crippen molar-refractivity contribution in [2.45, 2.75) is 24.8 Å². The van der Waals surface area contributed by atoms with Crippen LogP contribution in [0.15, 0.2) is 29.3 Å². The van der Waals surface area contributed by atoms with Crippen molar-refractivity contribution in [3.8, 4) is 0 Å². The molecule has 0 amide bonds. The lowest BCUT2D eigenvalue weighted by atomic mass is 10.3. The summed E-state index contributed by atoms with van der Waals surface area (Å²) in [5.74, 6) is 0. The molecule has 0 fully saturated rings. The van der Waals surface area contributed by atoms with E-state index in [2.05, 4.69) is 18.5 Å². The van der Waals surface area contributed by atoms with Crippen molar-refractivity contribution in [3.63, 3.8) is 0 Å². The van der Waals surface area contributed by atoms with E-state index in [4.69, 9.17) is 0 Å². The maximum Gasteiger partial charge on any atom is 0.243 e. The Morgan fingerprint density at radius 1 is 1.29 bits per heavy atom. The van der Waals surface area contributed by atoms with Gasteiger partial charge in [0.2, 0.25) is 10.0 Å². The number of rotatable bonds is 4. The van der Waals surface area contributed by atoms with Crippen LogP contribution < -0.4 is 4.72 Å². The standard InChI is InChI=1S/C12H12N4O2S3/c1-7-6-13-12(19-7)8(2)16-21(17,18)10-5-3-4-9-11(10)15-20-14-9/h3-6,8,16H,1-2H3. The third kappa shape index (κ3) is 2.82. The van der Waals surface area contributed by atoms with Crippen LogP contribution >= 0.6 is 23.1 Å². The van der Waals surface area contributed by atoms with Crippen molar-refractivity contribution < 1.29 is 8.42 Å². The Morgan fingerprint density at radius 3 is 2.81 bits per heavy atom. The number of aryl methyl sites for hydroxylation is 1. The van der Waals surface area contributed by atoms with Crippen LogP contribution in [0.3, 0.4) is 0 Å². The molecule has 3 aromatic rings. The van der Waals surface area contributed by atoms with Crippen LogP contribution in [0.1, 0.15) is 22.9 Å². The molecule has 1 N–H and O–H groups in total. The van der Waals surface area contributed by atoms with E-state index in [1.807, 2.05) is 6.92 Å². The lowest BCUT2D eigenvalue weighted by Crippen LogP contribution is -2.27. The van der Waals surface area contributed by atoms with Gasteiger partial charge in [-0.05, 0) is 26.0 Å². The van der Waals surface area contributed by atoms with Gasteiger partial charge in [0.15, 0.2) is 0 Å². The van der Waals surface area contributed by atoms with Crippen LogP contribution in [0.2, 0.25) is 0 Å². The molecule has 0 aliphatic rings. The van der Waals surface area contributed by atoms with Crippen molar-refractivity contribution in [2.75, 3.05) is 0 Å². The van der Waals surface area contributed by atoms with E-state index in [1.165, 1.54) is 17.4 Å². The number of sulfonamides is 1. The quantitative estimate of drug-likeness (QED) is 0.789. The fourth-order valence-corrected chi connectivity index (χ4v) is 4.74. The summed E-state index contributed by atoms with van der Waals surface area (Å²) in [7, 11) is -3.67. The first-order chi connectivity index (χ1) is 9.97. The Hall–Kier alpha value is -1.42. The second-order valence-electron chi connectivity index (χ2n) is 4.54. The van der Waals surface area contributed by atoms with Gasteiger partial charge in [0.1, 0.15) is 20.9 Å². The minimum atomic E-state index is -3.67. The molecule has 0 aliphatic heterocycles. The number of benzene rings is 1. The zero-order valence-electron chi connectivity index (χ0n) is 11.3.